The zero-order valence-electron chi connectivity index (χ0n) is 8.27. The van der Waals surface area contributed by atoms with Crippen LogP contribution in [0.3, 0.4) is 0 Å². The second kappa shape index (κ2) is 4.05. The molecule has 16 heavy (non-hydrogen) atoms. The molecule has 0 spiro atoms. The van der Waals surface area contributed by atoms with Gasteiger partial charge in [-0.25, -0.2) is 9.78 Å². The number of benzene rings is 1. The van der Waals surface area contributed by atoms with E-state index in [1.54, 1.807) is 12.1 Å². The number of carboxylic acids is 1. The molecule has 0 unspecified atom stereocenters. The summed E-state index contributed by atoms with van der Waals surface area (Å²) in [6, 6.07) is 5.29. The van der Waals surface area contributed by atoms with Gasteiger partial charge in [0.2, 0.25) is 11.7 Å². The third-order valence-corrected chi connectivity index (χ3v) is 2.68. The highest BCUT2D eigenvalue weighted by Crippen LogP contribution is 2.29. The topological polar surface area (TPSA) is 72.3 Å². The van der Waals surface area contributed by atoms with E-state index < -0.39 is 5.97 Å². The van der Waals surface area contributed by atoms with E-state index in [1.165, 1.54) is 7.11 Å². The second-order valence-corrected chi connectivity index (χ2v) is 3.85. The first kappa shape index (κ1) is 10.8. The van der Waals surface area contributed by atoms with Crippen LogP contribution in [0.4, 0.5) is 0 Å². The first-order valence-corrected chi connectivity index (χ1v) is 5.16. The van der Waals surface area contributed by atoms with Crippen molar-refractivity contribution in [2.75, 3.05) is 7.11 Å². The average Bonchev–Trinajstić information content (AvgIpc) is 2.27. The smallest absolute Gasteiger partial charge is 0.374 e. The van der Waals surface area contributed by atoms with Crippen LogP contribution < -0.4 is 4.74 Å². The molecular formula is C10H7BrN2O3. The van der Waals surface area contributed by atoms with Gasteiger partial charge in [0.15, 0.2) is 0 Å². The van der Waals surface area contributed by atoms with E-state index in [4.69, 9.17) is 9.84 Å². The van der Waals surface area contributed by atoms with E-state index in [2.05, 4.69) is 25.9 Å². The minimum atomic E-state index is -1.18. The molecule has 1 aromatic heterocycles. The number of rotatable bonds is 2. The minimum Gasteiger partial charge on any atom is -0.480 e. The van der Waals surface area contributed by atoms with Gasteiger partial charge in [-0.3, -0.25) is 0 Å². The summed E-state index contributed by atoms with van der Waals surface area (Å²) >= 11 is 3.34. The van der Waals surface area contributed by atoms with Gasteiger partial charge in [0.05, 0.1) is 18.0 Å². The molecule has 0 saturated carbocycles. The average molecular weight is 283 g/mol. The molecule has 2 aromatic rings. The molecule has 0 aliphatic heterocycles. The van der Waals surface area contributed by atoms with Gasteiger partial charge in [-0.1, -0.05) is 6.07 Å². The summed E-state index contributed by atoms with van der Waals surface area (Å²) in [6.07, 6.45) is 0. The van der Waals surface area contributed by atoms with Crippen molar-refractivity contribution in [1.29, 1.82) is 0 Å². The Morgan fingerprint density at radius 2 is 2.19 bits per heavy atom. The normalized spacial score (nSPS) is 10.4. The van der Waals surface area contributed by atoms with Gasteiger partial charge in [-0.05, 0) is 28.1 Å². The first-order chi connectivity index (χ1) is 7.63. The summed E-state index contributed by atoms with van der Waals surface area (Å²) < 4.78 is 5.82. The number of carboxylic acid groups (broad SMARTS) is 1. The van der Waals surface area contributed by atoms with Gasteiger partial charge in [0.1, 0.15) is 0 Å². The lowest BCUT2D eigenvalue weighted by molar-refractivity contribution is 0.0683. The van der Waals surface area contributed by atoms with Gasteiger partial charge in [0.25, 0.3) is 0 Å². The number of ether oxygens (including phenoxy) is 1. The van der Waals surface area contributed by atoms with Crippen LogP contribution in [0.15, 0.2) is 22.7 Å². The van der Waals surface area contributed by atoms with Crippen molar-refractivity contribution >= 4 is 32.8 Å². The molecule has 0 radical (unpaired) electrons. The quantitative estimate of drug-likeness (QED) is 0.913. The Bertz CT molecular complexity index is 571. The number of carbonyl (C=O) groups is 1. The maximum Gasteiger partial charge on any atom is 0.374 e. The Kier molecular flexibility index (Phi) is 2.74. The van der Waals surface area contributed by atoms with Crippen LogP contribution in [-0.2, 0) is 0 Å². The fourth-order valence-electron chi connectivity index (χ4n) is 1.35. The molecule has 0 amide bonds. The number of hydrogen-bond acceptors (Lipinski definition) is 4. The van der Waals surface area contributed by atoms with E-state index in [1.807, 2.05) is 6.07 Å². The van der Waals surface area contributed by atoms with Gasteiger partial charge >= 0.3 is 5.97 Å². The number of aromatic carboxylic acids is 1. The van der Waals surface area contributed by atoms with Crippen molar-refractivity contribution < 1.29 is 14.6 Å². The van der Waals surface area contributed by atoms with Gasteiger partial charge in [-0.2, -0.15) is 4.98 Å². The summed E-state index contributed by atoms with van der Waals surface area (Å²) in [5.41, 5.74) is 0.527. The molecule has 0 saturated heterocycles. The molecule has 0 bridgehead atoms. The lowest BCUT2D eigenvalue weighted by Crippen LogP contribution is -2.06. The van der Waals surface area contributed by atoms with E-state index >= 15 is 0 Å². The molecule has 6 heteroatoms. The fourth-order valence-corrected chi connectivity index (χ4v) is 1.88. The van der Waals surface area contributed by atoms with E-state index in [0.29, 0.717) is 10.9 Å². The van der Waals surface area contributed by atoms with Crippen LogP contribution in [0.25, 0.3) is 10.9 Å². The van der Waals surface area contributed by atoms with Crippen molar-refractivity contribution in [3.8, 4) is 5.88 Å². The highest BCUT2D eigenvalue weighted by atomic mass is 79.9. The fraction of sp³-hybridized carbons (Fsp3) is 0.100. The summed E-state index contributed by atoms with van der Waals surface area (Å²) in [6.45, 7) is 0. The lowest BCUT2D eigenvalue weighted by atomic mass is 10.2. The third kappa shape index (κ3) is 1.71. The van der Waals surface area contributed by atoms with Crippen molar-refractivity contribution in [3.63, 3.8) is 0 Å². The molecule has 0 fully saturated rings. The van der Waals surface area contributed by atoms with Crippen molar-refractivity contribution in [1.82, 2.24) is 9.97 Å². The maximum atomic E-state index is 10.8. The Labute approximate surface area is 99.2 Å². The predicted octanol–water partition coefficient (Wildman–Crippen LogP) is 2.10. The molecule has 0 atom stereocenters. The monoisotopic (exact) mass is 282 g/mol. The van der Waals surface area contributed by atoms with Crippen LogP contribution in [0, 0.1) is 0 Å². The lowest BCUT2D eigenvalue weighted by Gasteiger charge is -2.06. The summed E-state index contributed by atoms with van der Waals surface area (Å²) in [5.74, 6) is -1.21. The number of nitrogens with zero attached hydrogens (tertiary/aromatic N) is 2. The standard InChI is InChI=1S/C10H7BrN2O3/c1-16-9-7-5(11)3-2-4-6(7)12-8(13-9)10(14)15/h2-4H,1H3,(H,14,15). The van der Waals surface area contributed by atoms with Crippen LogP contribution in [0.5, 0.6) is 5.88 Å². The Morgan fingerprint density at radius 3 is 2.81 bits per heavy atom. The number of aromatic nitrogens is 2. The maximum absolute atomic E-state index is 10.8. The number of hydrogen-bond donors (Lipinski definition) is 1. The van der Waals surface area contributed by atoms with Gasteiger partial charge < -0.3 is 9.84 Å². The highest BCUT2D eigenvalue weighted by Gasteiger charge is 2.14. The van der Waals surface area contributed by atoms with Crippen LogP contribution in [0.1, 0.15) is 10.6 Å². The van der Waals surface area contributed by atoms with E-state index in [9.17, 15) is 4.79 Å². The van der Waals surface area contributed by atoms with E-state index in [0.717, 1.165) is 4.47 Å². The van der Waals surface area contributed by atoms with Crippen LogP contribution in [-0.4, -0.2) is 28.2 Å². The Balaban J connectivity index is 2.84. The molecule has 1 aromatic carbocycles. The van der Waals surface area contributed by atoms with Crippen molar-refractivity contribution in [2.24, 2.45) is 0 Å². The second-order valence-electron chi connectivity index (χ2n) is 3.00. The van der Waals surface area contributed by atoms with Gasteiger partial charge in [0, 0.05) is 4.47 Å². The molecular weight excluding hydrogens is 276 g/mol. The molecule has 1 heterocycles. The molecule has 0 aliphatic rings. The van der Waals surface area contributed by atoms with Crippen LogP contribution >= 0.6 is 15.9 Å². The zero-order chi connectivity index (χ0) is 11.7. The molecule has 1 N–H and O–H groups in total. The summed E-state index contributed by atoms with van der Waals surface area (Å²) in [7, 11) is 1.44. The predicted molar refractivity (Wildman–Crippen MR) is 60.7 cm³/mol. The largest absolute Gasteiger partial charge is 0.480 e. The number of fused-ring (bicyclic) bond motifs is 1. The first-order valence-electron chi connectivity index (χ1n) is 4.37. The summed E-state index contributed by atoms with van der Waals surface area (Å²) in [4.78, 5) is 18.5. The highest BCUT2D eigenvalue weighted by molar-refractivity contribution is 9.10. The van der Waals surface area contributed by atoms with Crippen LogP contribution in [0.2, 0.25) is 0 Å². The zero-order valence-corrected chi connectivity index (χ0v) is 9.85. The van der Waals surface area contributed by atoms with E-state index in [-0.39, 0.29) is 11.7 Å². The van der Waals surface area contributed by atoms with Crippen molar-refractivity contribution in [3.05, 3.63) is 28.5 Å². The number of halogens is 1. The van der Waals surface area contributed by atoms with Gasteiger partial charge in [-0.15, -0.1) is 0 Å². The summed E-state index contributed by atoms with van der Waals surface area (Å²) in [5, 5.41) is 9.50. The Morgan fingerprint density at radius 1 is 1.44 bits per heavy atom. The SMILES string of the molecule is COc1nc(C(=O)O)nc2cccc(Br)c12. The Hall–Kier alpha value is -1.69. The molecule has 5 nitrogen and oxygen atoms in total. The van der Waals surface area contributed by atoms with Crippen molar-refractivity contribution in [2.45, 2.75) is 0 Å². The minimum absolute atomic E-state index is 0.245. The molecule has 82 valence electrons. The molecule has 0 aliphatic carbocycles. The number of methoxy groups -OCH3 is 1. The third-order valence-electron chi connectivity index (χ3n) is 2.02. The molecule has 2 rings (SSSR count).